The Labute approximate surface area is 360 Å². The van der Waals surface area contributed by atoms with E-state index in [4.69, 9.17) is 0 Å². The zero-order valence-electron chi connectivity index (χ0n) is 31.2. The molecule has 8 aromatic rings. The van der Waals surface area contributed by atoms with Gasteiger partial charge in [-0.15, -0.1) is 0 Å². The van der Waals surface area contributed by atoms with Gasteiger partial charge in [0.1, 0.15) is 0 Å². The van der Waals surface area contributed by atoms with Crippen LogP contribution in [0.15, 0.2) is 0 Å². The fourth-order valence-corrected chi connectivity index (χ4v) is 20.7. The summed E-state index contributed by atoms with van der Waals surface area (Å²) in [7, 11) is 0. The minimum atomic E-state index is -10.8. The molecule has 8 aromatic carbocycles. The second kappa shape index (κ2) is 15.8. The molecular formula is C40F28Ga-. The summed E-state index contributed by atoms with van der Waals surface area (Å²) in [5.74, 6) is -101. The molecular weight excluding hydrogens is 1080 g/mol. The van der Waals surface area contributed by atoms with E-state index in [0.29, 0.717) is 0 Å². The van der Waals surface area contributed by atoms with E-state index in [2.05, 4.69) is 0 Å². The SMILES string of the molecule is Fc1c(F)c(F)c2c(F)[c]([Ga-]([c]3c(F)c(F)c4c(F)c(F)c(F)c(F)c4c3F)([c]3c(F)c(F)c4c(F)c(F)c(F)c(F)c4c3F)[c]3c(F)c(F)c4c(F)c(F)c(F)c(F)c4c3F)c(F)c(F)c2c1F. The van der Waals surface area contributed by atoms with Crippen LogP contribution in [0, 0.1) is 163 Å². The Morgan fingerprint density at radius 1 is 0.116 bits per heavy atom. The predicted molar refractivity (Wildman–Crippen MR) is 179 cm³/mol. The molecule has 69 heavy (non-hydrogen) atoms. The molecule has 0 atom stereocenters. The maximum atomic E-state index is 17.4. The van der Waals surface area contributed by atoms with E-state index in [1.165, 1.54) is 0 Å². The van der Waals surface area contributed by atoms with Crippen LogP contribution < -0.4 is 16.5 Å². The van der Waals surface area contributed by atoms with E-state index in [-0.39, 0.29) is 0 Å². The van der Waals surface area contributed by atoms with Crippen LogP contribution in [0.25, 0.3) is 43.1 Å². The Morgan fingerprint density at radius 2 is 0.217 bits per heavy atom. The molecule has 29 heteroatoms. The third-order valence-electron chi connectivity index (χ3n) is 11.2. The Hall–Kier alpha value is -6.52. The van der Waals surface area contributed by atoms with Gasteiger partial charge in [-0.05, 0) is 0 Å². The van der Waals surface area contributed by atoms with E-state index in [1.54, 1.807) is 0 Å². The number of benzene rings is 8. The molecule has 0 heterocycles. The van der Waals surface area contributed by atoms with Gasteiger partial charge in [0.15, 0.2) is 0 Å². The standard InChI is InChI=1S/4C10F7.Ga/c4*11-2-1-3(12)6(13)5-4(2)7(14)9(16)10(17)8(5)15;/q;;;;-1. The Kier molecular flexibility index (Phi) is 11.2. The summed E-state index contributed by atoms with van der Waals surface area (Å²) < 4.78 is 428. The molecule has 0 aliphatic carbocycles. The van der Waals surface area contributed by atoms with Crippen LogP contribution in [0.3, 0.4) is 0 Å². The summed E-state index contributed by atoms with van der Waals surface area (Å²) in [5, 5.41) is -24.8. The van der Waals surface area contributed by atoms with E-state index >= 15 is 87.8 Å². The first kappa shape index (κ1) is 48.9. The van der Waals surface area contributed by atoms with Gasteiger partial charge in [0.25, 0.3) is 0 Å². The Morgan fingerprint density at radius 3 is 0.348 bits per heavy atom. The van der Waals surface area contributed by atoms with Crippen LogP contribution in [-0.4, -0.2) is 15.0 Å². The summed E-state index contributed by atoms with van der Waals surface area (Å²) in [5.41, 5.74) is 0. The van der Waals surface area contributed by atoms with Gasteiger partial charge in [0.05, 0.1) is 0 Å². The van der Waals surface area contributed by atoms with Gasteiger partial charge in [-0.1, -0.05) is 0 Å². The molecule has 0 aromatic heterocycles. The normalized spacial score (nSPS) is 12.3. The molecule has 0 bridgehead atoms. The maximum absolute atomic E-state index is 17.4. The molecule has 360 valence electrons. The van der Waals surface area contributed by atoms with Crippen molar-refractivity contribution in [2.75, 3.05) is 0 Å². The van der Waals surface area contributed by atoms with E-state index in [1.807, 2.05) is 0 Å². The van der Waals surface area contributed by atoms with Crippen molar-refractivity contribution >= 4 is 74.6 Å². The van der Waals surface area contributed by atoms with Crippen LogP contribution >= 0.6 is 0 Å². The molecule has 0 radical (unpaired) electrons. The number of hydrogen-bond acceptors (Lipinski definition) is 0. The average molecular weight is 1080 g/mol. The molecule has 0 unspecified atom stereocenters. The average Bonchev–Trinajstić information content (AvgIpc) is 3.30. The third kappa shape index (κ3) is 5.81. The zero-order chi connectivity index (χ0) is 51.6. The van der Waals surface area contributed by atoms with Crippen LogP contribution in [-0.2, 0) is 0 Å². The van der Waals surface area contributed by atoms with Crippen molar-refractivity contribution < 1.29 is 123 Å². The fraction of sp³-hybridized carbons (Fsp3) is 0. The molecule has 8 rings (SSSR count). The number of fused-ring (bicyclic) bond motifs is 4. The first-order valence-electron chi connectivity index (χ1n) is 17.4. The second-order valence-corrected chi connectivity index (χ2v) is 22.8. The van der Waals surface area contributed by atoms with Crippen molar-refractivity contribution in [2.45, 2.75) is 0 Å². The fourth-order valence-electron chi connectivity index (χ4n) is 8.40. The molecule has 0 nitrogen and oxygen atoms in total. The Balaban J connectivity index is 1.92. The van der Waals surface area contributed by atoms with Crippen molar-refractivity contribution in [3.63, 3.8) is 0 Å². The van der Waals surface area contributed by atoms with Gasteiger partial charge in [0, 0.05) is 0 Å². The van der Waals surface area contributed by atoms with Crippen LogP contribution in [0.4, 0.5) is 123 Å². The second-order valence-electron chi connectivity index (χ2n) is 14.3. The third-order valence-corrected chi connectivity index (χ3v) is 22.7. The molecule has 0 aliphatic rings. The number of rotatable bonds is 4. The van der Waals surface area contributed by atoms with Crippen molar-refractivity contribution in [1.29, 1.82) is 0 Å². The van der Waals surface area contributed by atoms with E-state index < -0.39 is 237 Å². The molecule has 0 fully saturated rings. The molecule has 0 saturated heterocycles. The van der Waals surface area contributed by atoms with Gasteiger partial charge in [0.2, 0.25) is 0 Å². The molecule has 0 amide bonds. The van der Waals surface area contributed by atoms with Crippen LogP contribution in [0.5, 0.6) is 0 Å². The van der Waals surface area contributed by atoms with Crippen molar-refractivity contribution in [1.82, 2.24) is 0 Å². The minimum absolute atomic E-state index is 2.99. The summed E-state index contributed by atoms with van der Waals surface area (Å²) in [6, 6.07) is 0. The zero-order valence-corrected chi connectivity index (χ0v) is 33.6. The van der Waals surface area contributed by atoms with Crippen LogP contribution in [0.1, 0.15) is 0 Å². The number of hydrogen-bond donors (Lipinski definition) is 0. The van der Waals surface area contributed by atoms with E-state index in [0.717, 1.165) is 0 Å². The predicted octanol–water partition coefficient (Wildman–Crippen LogP) is 11.6. The first-order valence-corrected chi connectivity index (χ1v) is 22.3. The first-order chi connectivity index (χ1) is 32.0. The molecule has 0 saturated carbocycles. The summed E-state index contributed by atoms with van der Waals surface area (Å²) >= 11 is -10.8. The van der Waals surface area contributed by atoms with Gasteiger partial charge in [-0.3, -0.25) is 0 Å². The van der Waals surface area contributed by atoms with Gasteiger partial charge >= 0.3 is 360 Å². The van der Waals surface area contributed by atoms with Crippen molar-refractivity contribution in [3.05, 3.63) is 163 Å². The topological polar surface area (TPSA) is 0 Å². The molecule has 0 N–H and O–H groups in total. The molecule has 0 spiro atoms. The van der Waals surface area contributed by atoms with Gasteiger partial charge < -0.3 is 0 Å². The van der Waals surface area contributed by atoms with Crippen LogP contribution in [0.2, 0.25) is 0 Å². The Bertz CT molecular complexity index is 3280. The monoisotopic (exact) mass is 1080 g/mol. The summed E-state index contributed by atoms with van der Waals surface area (Å²) in [6.07, 6.45) is 0. The summed E-state index contributed by atoms with van der Waals surface area (Å²) in [4.78, 5) is 0. The van der Waals surface area contributed by atoms with Crippen molar-refractivity contribution in [3.8, 4) is 0 Å². The van der Waals surface area contributed by atoms with Crippen molar-refractivity contribution in [2.24, 2.45) is 0 Å². The number of halogens is 28. The molecule has 0 aliphatic heterocycles. The van der Waals surface area contributed by atoms with Gasteiger partial charge in [-0.2, -0.15) is 0 Å². The quantitative estimate of drug-likeness (QED) is 0.0713. The summed E-state index contributed by atoms with van der Waals surface area (Å²) in [6.45, 7) is 0. The van der Waals surface area contributed by atoms with E-state index in [9.17, 15) is 35.1 Å². The van der Waals surface area contributed by atoms with Gasteiger partial charge in [-0.25, -0.2) is 0 Å².